The van der Waals surface area contributed by atoms with Crippen LogP contribution < -0.4 is 10.7 Å². The fraction of sp³-hybridized carbons (Fsp3) is 0.833. The minimum atomic E-state index is -0.255. The highest BCUT2D eigenvalue weighted by atomic mass is 32.1. The number of hydrogen-bond acceptors (Lipinski definition) is 4. The van der Waals surface area contributed by atoms with Crippen LogP contribution >= 0.6 is 12.2 Å². The molecule has 0 amide bonds. The fourth-order valence-electron chi connectivity index (χ4n) is 2.82. The van der Waals surface area contributed by atoms with Crippen molar-refractivity contribution < 1.29 is 9.53 Å². The fourth-order valence-corrected chi connectivity index (χ4v) is 3.13. The van der Waals surface area contributed by atoms with E-state index in [1.807, 2.05) is 0 Å². The molecular weight excluding hydrogens is 250 g/mol. The molecule has 0 aromatic heterocycles. The molecule has 5 nitrogen and oxygen atoms in total. The van der Waals surface area contributed by atoms with E-state index in [1.165, 1.54) is 12.8 Å². The predicted molar refractivity (Wildman–Crippen MR) is 72.6 cm³/mol. The van der Waals surface area contributed by atoms with Crippen LogP contribution in [-0.4, -0.2) is 34.9 Å². The van der Waals surface area contributed by atoms with E-state index in [0.29, 0.717) is 17.6 Å². The van der Waals surface area contributed by atoms with E-state index in [0.717, 1.165) is 12.8 Å². The highest BCUT2D eigenvalue weighted by molar-refractivity contribution is 7.80. The summed E-state index contributed by atoms with van der Waals surface area (Å²) in [6, 6.07) is 0. The molecule has 1 aliphatic carbocycles. The number of thiocarbonyl (C=S) groups is 1. The minimum Gasteiger partial charge on any atom is -0.465 e. The van der Waals surface area contributed by atoms with Gasteiger partial charge in [-0.05, 0) is 44.3 Å². The Morgan fingerprint density at radius 1 is 1.67 bits per heavy atom. The Hall–Kier alpha value is -0.880. The number of nitrogens with one attached hydrogen (secondary N) is 2. The molecule has 102 valence electrons. The molecule has 18 heavy (non-hydrogen) atoms. The first-order valence-corrected chi connectivity index (χ1v) is 6.98. The predicted octanol–water partition coefficient (Wildman–Crippen LogP) is 1.15. The number of hydrogen-bond donors (Lipinski definition) is 2. The van der Waals surface area contributed by atoms with Gasteiger partial charge in [-0.1, -0.05) is 13.3 Å². The largest absolute Gasteiger partial charge is 0.465 e. The summed E-state index contributed by atoms with van der Waals surface area (Å²) in [4.78, 5) is 11.5. The second-order valence-corrected chi connectivity index (χ2v) is 5.60. The minimum absolute atomic E-state index is 0.152. The van der Waals surface area contributed by atoms with Crippen LogP contribution in [0.2, 0.25) is 0 Å². The Morgan fingerprint density at radius 3 is 3.11 bits per heavy atom. The van der Waals surface area contributed by atoms with E-state index in [9.17, 15) is 4.79 Å². The zero-order valence-corrected chi connectivity index (χ0v) is 11.8. The Balaban J connectivity index is 1.95. The van der Waals surface area contributed by atoms with E-state index in [4.69, 9.17) is 17.0 Å². The first-order valence-electron chi connectivity index (χ1n) is 6.58. The standard InChI is InChI=1S/C12H21N3O2S/c1-3-17-10(16)8-15-11(18)13-12(14-15)6-4-5-9(2)7-12/h9,14H,3-8H2,1-2H3,(H,13,18)/t9-,12+/m1/s1. The molecule has 2 rings (SSSR count). The Labute approximate surface area is 113 Å². The van der Waals surface area contributed by atoms with Gasteiger partial charge in [0.05, 0.1) is 6.61 Å². The van der Waals surface area contributed by atoms with Crippen molar-refractivity contribution >= 4 is 23.3 Å². The second-order valence-electron chi connectivity index (χ2n) is 5.22. The molecule has 0 aromatic rings. The van der Waals surface area contributed by atoms with E-state index in [2.05, 4.69) is 17.7 Å². The number of hydrazine groups is 1. The molecule has 2 N–H and O–H groups in total. The third kappa shape index (κ3) is 2.92. The lowest BCUT2D eigenvalue weighted by atomic mass is 9.83. The summed E-state index contributed by atoms with van der Waals surface area (Å²) in [6.45, 7) is 4.61. The first kappa shape index (κ1) is 13.5. The van der Waals surface area contributed by atoms with Gasteiger partial charge in [0.15, 0.2) is 5.11 Å². The monoisotopic (exact) mass is 271 g/mol. The second kappa shape index (κ2) is 5.40. The van der Waals surface area contributed by atoms with Gasteiger partial charge >= 0.3 is 5.97 Å². The van der Waals surface area contributed by atoms with Gasteiger partial charge < -0.3 is 10.1 Å². The molecule has 2 atom stereocenters. The van der Waals surface area contributed by atoms with Crippen molar-refractivity contribution in [1.29, 1.82) is 0 Å². The molecule has 1 aliphatic heterocycles. The summed E-state index contributed by atoms with van der Waals surface area (Å²) < 4.78 is 4.94. The molecule has 2 fully saturated rings. The van der Waals surface area contributed by atoms with E-state index in [-0.39, 0.29) is 18.2 Å². The van der Waals surface area contributed by atoms with Gasteiger partial charge in [0.25, 0.3) is 0 Å². The molecule has 0 radical (unpaired) electrons. The van der Waals surface area contributed by atoms with Crippen LogP contribution in [0, 0.1) is 5.92 Å². The molecule has 0 aromatic carbocycles. The van der Waals surface area contributed by atoms with Crippen molar-refractivity contribution in [2.24, 2.45) is 5.92 Å². The topological polar surface area (TPSA) is 53.6 Å². The highest BCUT2D eigenvalue weighted by Crippen LogP contribution is 2.32. The molecule has 1 saturated carbocycles. The maximum Gasteiger partial charge on any atom is 0.327 e. The zero-order valence-electron chi connectivity index (χ0n) is 11.0. The van der Waals surface area contributed by atoms with Crippen molar-refractivity contribution in [1.82, 2.24) is 15.8 Å². The van der Waals surface area contributed by atoms with Gasteiger partial charge in [0, 0.05) is 0 Å². The lowest BCUT2D eigenvalue weighted by Gasteiger charge is -2.36. The number of nitrogens with zero attached hydrogens (tertiary/aromatic N) is 1. The molecule has 1 heterocycles. The van der Waals surface area contributed by atoms with Gasteiger partial charge in [-0.3, -0.25) is 9.80 Å². The number of esters is 1. The maximum atomic E-state index is 11.5. The maximum absolute atomic E-state index is 11.5. The average molecular weight is 271 g/mol. The summed E-state index contributed by atoms with van der Waals surface area (Å²) in [5.74, 6) is 0.416. The van der Waals surface area contributed by atoms with Crippen LogP contribution in [0.1, 0.15) is 39.5 Å². The van der Waals surface area contributed by atoms with Gasteiger partial charge in [0.1, 0.15) is 12.2 Å². The van der Waals surface area contributed by atoms with Crippen LogP contribution in [0.15, 0.2) is 0 Å². The summed E-state index contributed by atoms with van der Waals surface area (Å²) >= 11 is 5.28. The van der Waals surface area contributed by atoms with Crippen molar-refractivity contribution in [3.8, 4) is 0 Å². The first-order chi connectivity index (χ1) is 8.54. The molecule has 1 saturated heterocycles. The molecule has 0 bridgehead atoms. The van der Waals surface area contributed by atoms with Crippen LogP contribution in [0.5, 0.6) is 0 Å². The SMILES string of the molecule is CCOC(=O)CN1N[C@]2(CCC[C@@H](C)C2)NC1=S. The number of rotatable bonds is 3. The zero-order chi connectivity index (χ0) is 13.2. The van der Waals surface area contributed by atoms with E-state index < -0.39 is 0 Å². The van der Waals surface area contributed by atoms with Crippen molar-refractivity contribution in [2.45, 2.75) is 45.2 Å². The smallest absolute Gasteiger partial charge is 0.327 e. The molecule has 1 spiro atoms. The third-order valence-electron chi connectivity index (χ3n) is 3.53. The Kier molecular flexibility index (Phi) is 4.07. The lowest BCUT2D eigenvalue weighted by molar-refractivity contribution is -0.144. The lowest BCUT2D eigenvalue weighted by Crippen LogP contribution is -2.54. The number of carbonyl (C=O) groups excluding carboxylic acids is 1. The molecular formula is C12H21N3O2S. The third-order valence-corrected chi connectivity index (χ3v) is 3.85. The van der Waals surface area contributed by atoms with E-state index in [1.54, 1.807) is 11.9 Å². The molecule has 0 unspecified atom stereocenters. The number of ether oxygens (including phenoxy) is 1. The Morgan fingerprint density at radius 2 is 2.44 bits per heavy atom. The van der Waals surface area contributed by atoms with Gasteiger partial charge in [-0.25, -0.2) is 5.43 Å². The summed E-state index contributed by atoms with van der Waals surface area (Å²) in [5.41, 5.74) is 3.20. The Bertz CT molecular complexity index is 350. The van der Waals surface area contributed by atoms with Crippen LogP contribution in [-0.2, 0) is 9.53 Å². The van der Waals surface area contributed by atoms with Gasteiger partial charge in [0.2, 0.25) is 0 Å². The summed E-state index contributed by atoms with van der Waals surface area (Å²) in [6.07, 6.45) is 4.51. The number of carbonyl (C=O) groups is 1. The van der Waals surface area contributed by atoms with Crippen LogP contribution in [0.4, 0.5) is 0 Å². The highest BCUT2D eigenvalue weighted by Gasteiger charge is 2.43. The van der Waals surface area contributed by atoms with Crippen molar-refractivity contribution in [3.05, 3.63) is 0 Å². The normalized spacial score (nSPS) is 31.6. The van der Waals surface area contributed by atoms with Crippen LogP contribution in [0.3, 0.4) is 0 Å². The van der Waals surface area contributed by atoms with Gasteiger partial charge in [-0.15, -0.1) is 0 Å². The van der Waals surface area contributed by atoms with E-state index >= 15 is 0 Å². The summed E-state index contributed by atoms with van der Waals surface area (Å²) in [5, 5.41) is 5.63. The van der Waals surface area contributed by atoms with Gasteiger partial charge in [-0.2, -0.15) is 0 Å². The summed E-state index contributed by atoms with van der Waals surface area (Å²) in [7, 11) is 0. The molecule has 2 aliphatic rings. The molecule has 6 heteroatoms. The average Bonchev–Trinajstić information content (AvgIpc) is 2.54. The van der Waals surface area contributed by atoms with Crippen molar-refractivity contribution in [2.75, 3.05) is 13.2 Å². The van der Waals surface area contributed by atoms with Crippen LogP contribution in [0.25, 0.3) is 0 Å². The quantitative estimate of drug-likeness (QED) is 0.593. The van der Waals surface area contributed by atoms with Crippen molar-refractivity contribution in [3.63, 3.8) is 0 Å².